The van der Waals surface area contributed by atoms with Gasteiger partial charge in [-0.2, -0.15) is 0 Å². The van der Waals surface area contributed by atoms with Crippen molar-refractivity contribution in [2.45, 2.75) is 0 Å². The third-order valence-corrected chi connectivity index (χ3v) is 0.882. The molecule has 1 heterocycles. The van der Waals surface area contributed by atoms with Crippen LogP contribution in [0.2, 0.25) is 0 Å². The molecule has 0 unspecified atom stereocenters. The smallest absolute Gasteiger partial charge is 0.0524 e. The van der Waals surface area contributed by atoms with Crippen molar-refractivity contribution in [2.75, 3.05) is 13.6 Å². The molecule has 3 heteroatoms. The Hall–Kier alpha value is -0.500. The van der Waals surface area contributed by atoms with Gasteiger partial charge in [0.05, 0.1) is 6.54 Å². The molecular formula is C5H9ClN2. The van der Waals surface area contributed by atoms with Crippen molar-refractivity contribution < 1.29 is 0 Å². The fraction of sp³-hybridized carbons (Fsp3) is 0.400. The molecule has 1 aliphatic rings. The van der Waals surface area contributed by atoms with E-state index < -0.39 is 0 Å². The lowest BCUT2D eigenvalue weighted by Crippen LogP contribution is -2.14. The summed E-state index contributed by atoms with van der Waals surface area (Å²) in [5.41, 5.74) is 0. The Labute approximate surface area is 55.3 Å². The van der Waals surface area contributed by atoms with Crippen LogP contribution in [0, 0.1) is 0 Å². The first-order valence-corrected chi connectivity index (χ1v) is 2.28. The highest BCUT2D eigenvalue weighted by Crippen LogP contribution is 1.87. The molecule has 0 fully saturated rings. The van der Waals surface area contributed by atoms with Crippen LogP contribution in [0.25, 0.3) is 0 Å². The van der Waals surface area contributed by atoms with Gasteiger partial charge < -0.3 is 4.90 Å². The molecule has 0 radical (unpaired) electrons. The summed E-state index contributed by atoms with van der Waals surface area (Å²) >= 11 is 0. The zero-order valence-electron chi connectivity index (χ0n) is 4.74. The topological polar surface area (TPSA) is 15.6 Å². The maximum absolute atomic E-state index is 3.88. The summed E-state index contributed by atoms with van der Waals surface area (Å²) in [7, 11) is 2.02. The summed E-state index contributed by atoms with van der Waals surface area (Å²) in [6.45, 7) is 0.941. The summed E-state index contributed by atoms with van der Waals surface area (Å²) in [5, 5.41) is 0. The first-order valence-electron chi connectivity index (χ1n) is 2.28. The molecular weight excluding hydrogens is 124 g/mol. The Kier molecular flexibility index (Phi) is 3.28. The molecule has 0 saturated carbocycles. The second kappa shape index (κ2) is 3.50. The fourth-order valence-electron chi connectivity index (χ4n) is 0.450. The van der Waals surface area contributed by atoms with Gasteiger partial charge in [-0.05, 0) is 0 Å². The van der Waals surface area contributed by atoms with Crippen LogP contribution < -0.4 is 0 Å². The monoisotopic (exact) mass is 132 g/mol. The van der Waals surface area contributed by atoms with Gasteiger partial charge in [-0.15, -0.1) is 12.4 Å². The van der Waals surface area contributed by atoms with E-state index in [9.17, 15) is 0 Å². The van der Waals surface area contributed by atoms with E-state index in [1.165, 1.54) is 0 Å². The molecule has 46 valence electrons. The van der Waals surface area contributed by atoms with E-state index in [1.54, 1.807) is 6.20 Å². The molecule has 0 saturated heterocycles. The Morgan fingerprint density at radius 1 is 1.62 bits per heavy atom. The number of hydrogen-bond donors (Lipinski definition) is 0. The number of rotatable bonds is 0. The zero-order valence-corrected chi connectivity index (χ0v) is 5.56. The van der Waals surface area contributed by atoms with Crippen LogP contribution in [-0.4, -0.2) is 24.7 Å². The van der Waals surface area contributed by atoms with Gasteiger partial charge in [0.25, 0.3) is 0 Å². The van der Waals surface area contributed by atoms with Crippen LogP contribution in [0.15, 0.2) is 17.4 Å². The van der Waals surface area contributed by atoms with Crippen LogP contribution in [0.4, 0.5) is 0 Å². The van der Waals surface area contributed by atoms with Crippen molar-refractivity contribution in [3.8, 4) is 0 Å². The maximum Gasteiger partial charge on any atom is 0.0524 e. The Balaban J connectivity index is 0.000000490. The zero-order chi connectivity index (χ0) is 5.11. The van der Waals surface area contributed by atoms with E-state index in [0.717, 1.165) is 6.54 Å². The predicted octanol–water partition coefficient (Wildman–Crippen LogP) is 0.896. The summed E-state index contributed by atoms with van der Waals surface area (Å²) in [5.74, 6) is 0. The largest absolute Gasteiger partial charge is 0.374 e. The number of hydrogen-bond acceptors (Lipinski definition) is 2. The normalized spacial score (nSPS) is 15.9. The molecule has 0 spiro atoms. The second-order valence-corrected chi connectivity index (χ2v) is 1.57. The summed E-state index contributed by atoms with van der Waals surface area (Å²) in [6, 6.07) is 0. The highest BCUT2D eigenvalue weighted by Gasteiger charge is 1.87. The van der Waals surface area contributed by atoms with E-state index in [2.05, 4.69) is 9.89 Å². The van der Waals surface area contributed by atoms with Gasteiger partial charge in [0.15, 0.2) is 0 Å². The van der Waals surface area contributed by atoms with Gasteiger partial charge in [-0.3, -0.25) is 4.99 Å². The van der Waals surface area contributed by atoms with Crippen molar-refractivity contribution in [3.63, 3.8) is 0 Å². The Morgan fingerprint density at radius 2 is 2.38 bits per heavy atom. The molecule has 0 aromatic carbocycles. The van der Waals surface area contributed by atoms with Crippen LogP contribution in [0.1, 0.15) is 0 Å². The number of halogens is 1. The first-order chi connectivity index (χ1) is 3.39. The molecule has 1 aliphatic heterocycles. The lowest BCUT2D eigenvalue weighted by atomic mass is 10.6. The van der Waals surface area contributed by atoms with Crippen molar-refractivity contribution >= 4 is 18.6 Å². The molecule has 1 rings (SSSR count). The lowest BCUT2D eigenvalue weighted by Gasteiger charge is -2.10. The molecule has 0 aromatic rings. The van der Waals surface area contributed by atoms with E-state index in [-0.39, 0.29) is 12.4 Å². The van der Waals surface area contributed by atoms with Gasteiger partial charge in [0.2, 0.25) is 0 Å². The van der Waals surface area contributed by atoms with Crippen molar-refractivity contribution in [1.82, 2.24) is 4.90 Å². The minimum atomic E-state index is 0. The summed E-state index contributed by atoms with van der Waals surface area (Å²) in [6.07, 6.45) is 5.60. The molecule has 8 heavy (non-hydrogen) atoms. The predicted molar refractivity (Wildman–Crippen MR) is 37.5 cm³/mol. The standard InChI is InChI=1S/C5H8N2.ClH/c1-7-4-2-6-3-5-7;/h2-4H,5H2,1H3;1H. The molecule has 2 nitrogen and oxygen atoms in total. The van der Waals surface area contributed by atoms with Crippen LogP contribution in [-0.2, 0) is 0 Å². The quantitative estimate of drug-likeness (QED) is 0.478. The van der Waals surface area contributed by atoms with Gasteiger partial charge in [-0.1, -0.05) is 0 Å². The third-order valence-electron chi connectivity index (χ3n) is 0.882. The molecule has 0 atom stereocenters. The van der Waals surface area contributed by atoms with Gasteiger partial charge >= 0.3 is 0 Å². The van der Waals surface area contributed by atoms with Crippen LogP contribution in [0.5, 0.6) is 0 Å². The first kappa shape index (κ1) is 7.50. The molecule has 0 bridgehead atoms. The Morgan fingerprint density at radius 3 is 2.62 bits per heavy atom. The van der Waals surface area contributed by atoms with E-state index in [4.69, 9.17) is 0 Å². The maximum atomic E-state index is 3.88. The van der Waals surface area contributed by atoms with Gasteiger partial charge in [0.1, 0.15) is 0 Å². The fourth-order valence-corrected chi connectivity index (χ4v) is 0.450. The number of aliphatic imine (C=N–C) groups is 1. The second-order valence-electron chi connectivity index (χ2n) is 1.57. The minimum absolute atomic E-state index is 0. The lowest BCUT2D eigenvalue weighted by molar-refractivity contribution is 0.522. The summed E-state index contributed by atoms with van der Waals surface area (Å²) < 4.78 is 0. The minimum Gasteiger partial charge on any atom is -0.374 e. The van der Waals surface area contributed by atoms with Gasteiger partial charge in [-0.25, -0.2) is 0 Å². The highest BCUT2D eigenvalue weighted by molar-refractivity contribution is 5.85. The van der Waals surface area contributed by atoms with Crippen molar-refractivity contribution in [3.05, 3.63) is 12.4 Å². The molecule has 0 aliphatic carbocycles. The Bertz CT molecular complexity index is 109. The van der Waals surface area contributed by atoms with E-state index >= 15 is 0 Å². The van der Waals surface area contributed by atoms with Crippen molar-refractivity contribution in [1.29, 1.82) is 0 Å². The molecule has 0 N–H and O–H groups in total. The number of nitrogens with zero attached hydrogens (tertiary/aromatic N) is 2. The third kappa shape index (κ3) is 1.98. The van der Waals surface area contributed by atoms with E-state index in [0.29, 0.717) is 0 Å². The van der Waals surface area contributed by atoms with Crippen LogP contribution >= 0.6 is 12.4 Å². The van der Waals surface area contributed by atoms with Crippen molar-refractivity contribution in [2.24, 2.45) is 4.99 Å². The molecule has 0 aromatic heterocycles. The molecule has 0 amide bonds. The SMILES string of the molecule is CN1C=CN=CC1.Cl. The van der Waals surface area contributed by atoms with Crippen LogP contribution in [0.3, 0.4) is 0 Å². The average molecular weight is 133 g/mol. The average Bonchev–Trinajstić information content (AvgIpc) is 1.69. The van der Waals surface area contributed by atoms with E-state index in [1.807, 2.05) is 19.5 Å². The highest BCUT2D eigenvalue weighted by atomic mass is 35.5. The van der Waals surface area contributed by atoms with Gasteiger partial charge in [0, 0.05) is 25.7 Å². The summed E-state index contributed by atoms with van der Waals surface area (Å²) in [4.78, 5) is 5.94.